The predicted molar refractivity (Wildman–Crippen MR) is 65.6 cm³/mol. The number of hydrogen-bond acceptors (Lipinski definition) is 4. The van der Waals surface area contributed by atoms with Crippen LogP contribution in [0.2, 0.25) is 0 Å². The van der Waals surface area contributed by atoms with E-state index in [9.17, 15) is 14.4 Å². The molecule has 0 spiro atoms. The first kappa shape index (κ1) is 14.5. The number of nitrogens with zero attached hydrogens (tertiary/aromatic N) is 3. The highest BCUT2D eigenvalue weighted by atomic mass is 16.4. The van der Waals surface area contributed by atoms with Crippen molar-refractivity contribution >= 4 is 23.6 Å². The zero-order valence-electron chi connectivity index (χ0n) is 10.6. The molecule has 1 heterocycles. The Balaban J connectivity index is 2.42. The maximum Gasteiger partial charge on any atom is 0.325 e. The van der Waals surface area contributed by atoms with E-state index in [1.807, 2.05) is 0 Å². The highest BCUT2D eigenvalue weighted by molar-refractivity contribution is 5.91. The number of aliphatic carboxylic acids is 1. The number of likely N-dealkylation sites (N-methyl/N-ethyl adjacent to an activating group) is 1. The molecule has 0 unspecified atom stereocenters. The van der Waals surface area contributed by atoms with Gasteiger partial charge in [-0.05, 0) is 0 Å². The van der Waals surface area contributed by atoms with Crippen molar-refractivity contribution in [1.29, 1.82) is 0 Å². The molecule has 0 aliphatic heterocycles. The maximum atomic E-state index is 11.4. The zero-order chi connectivity index (χ0) is 14.4. The summed E-state index contributed by atoms with van der Waals surface area (Å²) in [7, 11) is 3.16. The van der Waals surface area contributed by atoms with Crippen LogP contribution in [0.15, 0.2) is 12.4 Å². The van der Waals surface area contributed by atoms with Gasteiger partial charge in [-0.3, -0.25) is 14.3 Å². The van der Waals surface area contributed by atoms with E-state index in [1.165, 1.54) is 22.0 Å². The van der Waals surface area contributed by atoms with E-state index < -0.39 is 12.0 Å². The van der Waals surface area contributed by atoms with E-state index in [2.05, 4.69) is 15.7 Å². The predicted octanol–water partition coefficient (Wildman–Crippen LogP) is -0.823. The van der Waals surface area contributed by atoms with Gasteiger partial charge >= 0.3 is 12.0 Å². The molecule has 0 aliphatic rings. The second-order valence-electron chi connectivity index (χ2n) is 3.92. The fraction of sp³-hybridized carbons (Fsp3) is 0.400. The van der Waals surface area contributed by atoms with Crippen LogP contribution in [0, 0.1) is 0 Å². The van der Waals surface area contributed by atoms with Gasteiger partial charge in [0.1, 0.15) is 6.54 Å². The number of nitrogens with one attached hydrogen (secondary N) is 2. The largest absolute Gasteiger partial charge is 0.480 e. The van der Waals surface area contributed by atoms with Crippen molar-refractivity contribution in [2.24, 2.45) is 0 Å². The number of carboxylic acid groups (broad SMARTS) is 1. The van der Waals surface area contributed by atoms with Crippen molar-refractivity contribution in [2.45, 2.75) is 6.54 Å². The van der Waals surface area contributed by atoms with Gasteiger partial charge in [-0.25, -0.2) is 4.79 Å². The quantitative estimate of drug-likeness (QED) is 0.645. The van der Waals surface area contributed by atoms with Crippen LogP contribution in [0.5, 0.6) is 0 Å². The Kier molecular flexibility index (Phi) is 4.86. The monoisotopic (exact) mass is 269 g/mol. The molecule has 1 aromatic heterocycles. The van der Waals surface area contributed by atoms with Crippen LogP contribution < -0.4 is 10.6 Å². The molecule has 1 rings (SSSR count). The van der Waals surface area contributed by atoms with Gasteiger partial charge in [0.2, 0.25) is 5.91 Å². The third-order valence-corrected chi connectivity index (χ3v) is 2.09. The molecule has 9 heteroatoms. The lowest BCUT2D eigenvalue weighted by atomic mass is 10.5. The van der Waals surface area contributed by atoms with E-state index in [4.69, 9.17) is 5.11 Å². The SMILES string of the molecule is CN(C)C(=O)CNC(=O)Nc1cnn(CC(=O)O)c1. The molecule has 3 N–H and O–H groups in total. The molecule has 19 heavy (non-hydrogen) atoms. The number of carbonyl (C=O) groups excluding carboxylic acids is 2. The molecular weight excluding hydrogens is 254 g/mol. The minimum Gasteiger partial charge on any atom is -0.480 e. The Hall–Kier alpha value is -2.58. The molecule has 9 nitrogen and oxygen atoms in total. The Labute approximate surface area is 109 Å². The summed E-state index contributed by atoms with van der Waals surface area (Å²) in [5.41, 5.74) is 0.344. The number of aromatic nitrogens is 2. The number of carbonyl (C=O) groups is 3. The Morgan fingerprint density at radius 3 is 2.68 bits per heavy atom. The van der Waals surface area contributed by atoms with Gasteiger partial charge in [-0.1, -0.05) is 0 Å². The van der Waals surface area contributed by atoms with E-state index in [1.54, 1.807) is 14.1 Å². The zero-order valence-corrected chi connectivity index (χ0v) is 10.6. The lowest BCUT2D eigenvalue weighted by molar-refractivity contribution is -0.137. The smallest absolute Gasteiger partial charge is 0.325 e. The van der Waals surface area contributed by atoms with Crippen LogP contribution in [0.4, 0.5) is 10.5 Å². The number of amides is 3. The van der Waals surface area contributed by atoms with Gasteiger partial charge in [-0.15, -0.1) is 0 Å². The van der Waals surface area contributed by atoms with Crippen molar-refractivity contribution in [2.75, 3.05) is 26.0 Å². The molecule has 0 bridgehead atoms. The minimum absolute atomic E-state index is 0.123. The van der Waals surface area contributed by atoms with Crippen LogP contribution in [0.1, 0.15) is 0 Å². The summed E-state index contributed by atoms with van der Waals surface area (Å²) in [6.07, 6.45) is 2.69. The van der Waals surface area contributed by atoms with Crippen molar-refractivity contribution in [1.82, 2.24) is 20.0 Å². The van der Waals surface area contributed by atoms with Crippen LogP contribution in [-0.2, 0) is 16.1 Å². The summed E-state index contributed by atoms with van der Waals surface area (Å²) in [5.74, 6) is -1.27. The number of anilines is 1. The van der Waals surface area contributed by atoms with Gasteiger partial charge in [-0.2, -0.15) is 5.10 Å². The Bertz CT molecular complexity index is 482. The molecule has 0 radical (unpaired) electrons. The summed E-state index contributed by atoms with van der Waals surface area (Å²) in [4.78, 5) is 34.4. The van der Waals surface area contributed by atoms with Gasteiger partial charge < -0.3 is 20.6 Å². The third kappa shape index (κ3) is 5.06. The van der Waals surface area contributed by atoms with Gasteiger partial charge in [0.15, 0.2) is 0 Å². The molecule has 0 saturated carbocycles. The van der Waals surface area contributed by atoms with Crippen molar-refractivity contribution in [3.8, 4) is 0 Å². The molecule has 3 amide bonds. The van der Waals surface area contributed by atoms with Crippen molar-refractivity contribution < 1.29 is 19.5 Å². The molecule has 0 fully saturated rings. The first-order valence-corrected chi connectivity index (χ1v) is 5.37. The fourth-order valence-corrected chi connectivity index (χ4v) is 1.14. The molecule has 0 aliphatic carbocycles. The fourth-order valence-electron chi connectivity index (χ4n) is 1.14. The molecule has 0 saturated heterocycles. The molecule has 0 aromatic carbocycles. The number of urea groups is 1. The van der Waals surface area contributed by atoms with Gasteiger partial charge in [0.25, 0.3) is 0 Å². The minimum atomic E-state index is -1.03. The molecule has 0 atom stereocenters. The van der Waals surface area contributed by atoms with E-state index >= 15 is 0 Å². The summed E-state index contributed by atoms with van der Waals surface area (Å²) in [5, 5.41) is 17.1. The highest BCUT2D eigenvalue weighted by Gasteiger charge is 2.08. The number of hydrogen-bond donors (Lipinski definition) is 3. The standard InChI is InChI=1S/C10H15N5O4/c1-14(2)8(16)4-11-10(19)13-7-3-12-15(5-7)6-9(17)18/h3,5H,4,6H2,1-2H3,(H,17,18)(H2,11,13,19). The Morgan fingerprint density at radius 2 is 2.11 bits per heavy atom. The number of rotatable bonds is 5. The second kappa shape index (κ2) is 6.38. The topological polar surface area (TPSA) is 117 Å². The summed E-state index contributed by atoms with van der Waals surface area (Å²) >= 11 is 0. The van der Waals surface area contributed by atoms with Crippen molar-refractivity contribution in [3.63, 3.8) is 0 Å². The Morgan fingerprint density at radius 1 is 1.42 bits per heavy atom. The second-order valence-corrected chi connectivity index (χ2v) is 3.92. The van der Waals surface area contributed by atoms with Gasteiger partial charge in [0, 0.05) is 20.3 Å². The van der Waals surface area contributed by atoms with Gasteiger partial charge in [0.05, 0.1) is 18.4 Å². The summed E-state index contributed by atoms with van der Waals surface area (Å²) in [6, 6.07) is -0.565. The van der Waals surface area contributed by atoms with E-state index in [0.717, 1.165) is 0 Å². The average molecular weight is 269 g/mol. The lowest BCUT2D eigenvalue weighted by Crippen LogP contribution is -2.38. The van der Waals surface area contributed by atoms with Crippen LogP contribution in [-0.4, -0.2) is 58.3 Å². The average Bonchev–Trinajstić information content (AvgIpc) is 2.72. The summed E-state index contributed by atoms with van der Waals surface area (Å²) in [6.45, 7) is -0.412. The van der Waals surface area contributed by atoms with Crippen LogP contribution in [0.25, 0.3) is 0 Å². The summed E-state index contributed by atoms with van der Waals surface area (Å²) < 4.78 is 1.17. The van der Waals surface area contributed by atoms with Crippen LogP contribution >= 0.6 is 0 Å². The van der Waals surface area contributed by atoms with E-state index in [0.29, 0.717) is 5.69 Å². The number of carboxylic acids is 1. The first-order valence-electron chi connectivity index (χ1n) is 5.37. The third-order valence-electron chi connectivity index (χ3n) is 2.09. The maximum absolute atomic E-state index is 11.4. The highest BCUT2D eigenvalue weighted by Crippen LogP contribution is 2.04. The lowest BCUT2D eigenvalue weighted by Gasteiger charge is -2.10. The molecule has 1 aromatic rings. The van der Waals surface area contributed by atoms with Crippen LogP contribution in [0.3, 0.4) is 0 Å². The molecule has 104 valence electrons. The van der Waals surface area contributed by atoms with E-state index in [-0.39, 0.29) is 19.0 Å². The van der Waals surface area contributed by atoms with Crippen molar-refractivity contribution in [3.05, 3.63) is 12.4 Å². The molecular formula is C10H15N5O4. The normalized spacial score (nSPS) is 9.79. The first-order chi connectivity index (χ1) is 8.88.